The first-order chi connectivity index (χ1) is 47.9. The number of carbonyl (C=O) groups excluding carboxylic acids is 12. The van der Waals surface area contributed by atoms with E-state index in [1.165, 1.54) is 106 Å². The van der Waals surface area contributed by atoms with Gasteiger partial charge in [0.2, 0.25) is 12.8 Å². The lowest BCUT2D eigenvalue weighted by molar-refractivity contribution is -0.384. The van der Waals surface area contributed by atoms with Gasteiger partial charge < -0.3 is 91.2 Å². The van der Waals surface area contributed by atoms with E-state index >= 15 is 0 Å². The summed E-state index contributed by atoms with van der Waals surface area (Å²) in [6.45, 7) is 1.24. The van der Waals surface area contributed by atoms with Gasteiger partial charge in [0.25, 0.3) is 64.8 Å². The Balaban J connectivity index is 0.00000660. The third-order valence-corrected chi connectivity index (χ3v) is 16.0. The van der Waals surface area contributed by atoms with E-state index in [1.54, 1.807) is 79.5 Å². The molecule has 0 atom stereocenters. The van der Waals surface area contributed by atoms with Crippen molar-refractivity contribution >= 4 is 153 Å². The third kappa shape index (κ3) is 17.1. The van der Waals surface area contributed by atoms with Crippen LogP contribution in [0.15, 0.2) is 122 Å². The molecule has 102 heavy (non-hydrogen) atoms. The van der Waals surface area contributed by atoms with Gasteiger partial charge >= 0.3 is 0 Å². The van der Waals surface area contributed by atoms with Gasteiger partial charge in [-0.25, -0.2) is 4.90 Å². The Bertz CT molecular complexity index is 4600. The molecule has 0 bridgehead atoms. The number of halogens is 2. The molecule has 0 radical (unpaired) electrons. The van der Waals surface area contributed by atoms with Crippen LogP contribution in [-0.2, 0) is 51.9 Å². The average molecular weight is 1440 g/mol. The zero-order valence-electron chi connectivity index (χ0n) is 55.5. The van der Waals surface area contributed by atoms with Gasteiger partial charge in [-0.3, -0.25) is 67.6 Å². The summed E-state index contributed by atoms with van der Waals surface area (Å²) >= 11 is 0. The Morgan fingerprint density at radius 1 is 0.402 bits per heavy atom. The van der Waals surface area contributed by atoms with Crippen molar-refractivity contribution in [1.82, 2.24) is 59.3 Å². The Kier molecular flexibility index (Phi) is 24.2. The lowest BCUT2D eigenvalue weighted by atomic mass is 9.92. The van der Waals surface area contributed by atoms with E-state index in [9.17, 15) is 67.6 Å². The lowest BCUT2D eigenvalue weighted by Gasteiger charge is -2.27. The molecule has 36 heteroatoms. The second-order valence-corrected chi connectivity index (χ2v) is 23.1. The lowest BCUT2D eigenvalue weighted by Crippen LogP contribution is -2.41. The van der Waals surface area contributed by atoms with Crippen molar-refractivity contribution in [2.45, 2.75) is 0 Å². The predicted molar refractivity (Wildman–Crippen MR) is 381 cm³/mol. The zero-order valence-corrected chi connectivity index (χ0v) is 57.1. The fourth-order valence-electron chi connectivity index (χ4n) is 11.2. The van der Waals surface area contributed by atoms with Gasteiger partial charge in [-0.15, -0.1) is 24.8 Å². The van der Waals surface area contributed by atoms with Crippen LogP contribution in [0, 0.1) is 10.1 Å². The van der Waals surface area contributed by atoms with Crippen LogP contribution < -0.4 is 68.7 Å². The molecule has 0 fully saturated rings. The number of nitro benzene ring substituents is 1. The summed E-state index contributed by atoms with van der Waals surface area (Å²) in [4.78, 5) is 169. The molecule has 34 nitrogen and oxygen atoms in total. The monoisotopic (exact) mass is 1440 g/mol. The molecule has 10 rings (SSSR count). The van der Waals surface area contributed by atoms with Crippen LogP contribution in [-0.4, -0.2) is 157 Å². The molecular weight excluding hydrogens is 1370 g/mol. The topological polar surface area (TPSA) is 425 Å². The normalized spacial score (nSPS) is 11.4. The summed E-state index contributed by atoms with van der Waals surface area (Å²) < 4.78 is 9.18. The van der Waals surface area contributed by atoms with Gasteiger partial charge in [0.1, 0.15) is 34.2 Å². The van der Waals surface area contributed by atoms with Crippen molar-refractivity contribution in [2.24, 2.45) is 42.3 Å². The Labute approximate surface area is 592 Å². The van der Waals surface area contributed by atoms with Crippen LogP contribution >= 0.6 is 24.8 Å². The van der Waals surface area contributed by atoms with Crippen molar-refractivity contribution in [1.29, 1.82) is 0 Å². The molecule has 0 aliphatic carbocycles. The summed E-state index contributed by atoms with van der Waals surface area (Å²) in [5, 5.41) is 45.8. The number of hydrogen-bond donors (Lipinski definition) is 12. The van der Waals surface area contributed by atoms with Crippen LogP contribution in [0.5, 0.6) is 0 Å². The SMILES string of the molecule is Cl.Cl.Cn1cc(NC(=O)c2cc(NC(=O)c3cc(NC=O)cn3C)cn2C)cc1C(=O)NCCNCCNC(=O)c1cc(C(=O)NCCNCCNC(=O)c2cc(NC(=O)c3cc(NC(=O)c4cc(NC=O)cn4C)cn3C)cn2C)cc(N2C(=O)c3cccc4cc([N+](=O)[O-])cc(c34)C2=O)c1. The van der Waals surface area contributed by atoms with Crippen LogP contribution in [0.1, 0.15) is 104 Å². The minimum atomic E-state index is -0.928. The summed E-state index contributed by atoms with van der Waals surface area (Å²) in [5.41, 5.74) is 2.68. The molecule has 1 aliphatic heterocycles. The van der Waals surface area contributed by atoms with Crippen molar-refractivity contribution < 1.29 is 62.5 Å². The highest BCUT2D eigenvalue weighted by Gasteiger charge is 2.36. The van der Waals surface area contributed by atoms with Crippen molar-refractivity contribution in [2.75, 3.05) is 89.2 Å². The van der Waals surface area contributed by atoms with Crippen molar-refractivity contribution in [3.8, 4) is 0 Å². The molecule has 0 saturated carbocycles. The molecule has 12 N–H and O–H groups in total. The van der Waals surface area contributed by atoms with Gasteiger partial charge in [-0.05, 0) is 66.0 Å². The zero-order chi connectivity index (χ0) is 71.6. The fourth-order valence-corrected chi connectivity index (χ4v) is 11.2. The number of nitrogens with one attached hydrogen (secondary N) is 12. The van der Waals surface area contributed by atoms with Gasteiger partial charge in [-0.1, -0.05) is 12.1 Å². The molecular formula is C66H70Cl2N20O14. The molecule has 12 amide bonds. The number of non-ortho nitro benzene ring substituents is 1. The third-order valence-electron chi connectivity index (χ3n) is 16.0. The number of rotatable bonds is 30. The largest absolute Gasteiger partial charge is 0.351 e. The van der Waals surface area contributed by atoms with Gasteiger partial charge in [0.05, 0.1) is 50.3 Å². The Morgan fingerprint density at radius 2 is 0.725 bits per heavy atom. The summed E-state index contributed by atoms with van der Waals surface area (Å²) in [6.07, 6.45) is 10.4. The van der Waals surface area contributed by atoms with Crippen LogP contribution in [0.3, 0.4) is 0 Å². The molecule has 0 spiro atoms. The molecule has 6 aromatic heterocycles. The number of anilines is 7. The maximum Gasteiger partial charge on any atom is 0.272 e. The standard InChI is InChI=1S/C66H68N20O14.2ClH/c1-79-29-40(73-35-87)22-52(79)61(93)77-44-26-54(83(5)33-44)63(95)75-42-24-50(81(3)31-42)59(91)71-16-12-67-10-14-69-57(89)38-18-39(21-46(20-38)85-65(97)48-9-7-8-37-19-47(86(99)100)28-49(56(37)48)66(85)98)58(90)70-15-11-68-13-17-72-60(92)51-25-43(32-82(51)4)76-64(96)55-27-45(34-84(55)6)78-62(94)53-23-41(74-36-88)30-80(53)2;;/h7-9,18-36,67-68H,10-17H2,1-6H3,(H,69,89)(H,70,90)(H,71,91)(H,72,92)(H,73,87)(H,74,88)(H,75,95)(H,76,96)(H,77,93)(H,78,94);2*1H. The maximum absolute atomic E-state index is 14.3. The van der Waals surface area contributed by atoms with Crippen LogP contribution in [0.4, 0.5) is 45.5 Å². The van der Waals surface area contributed by atoms with Gasteiger partial charge in [0, 0.05) is 166 Å². The molecule has 9 aromatic rings. The average Bonchev–Trinajstić information content (AvgIpc) is 1.05. The second kappa shape index (κ2) is 32.8. The van der Waals surface area contributed by atoms with E-state index in [2.05, 4.69) is 63.8 Å². The smallest absolute Gasteiger partial charge is 0.272 e. The Morgan fingerprint density at radius 3 is 1.08 bits per heavy atom. The van der Waals surface area contributed by atoms with Crippen LogP contribution in [0.2, 0.25) is 0 Å². The first-order valence-electron chi connectivity index (χ1n) is 30.8. The number of nitro groups is 1. The molecule has 7 heterocycles. The van der Waals surface area contributed by atoms with E-state index in [1.807, 2.05) is 0 Å². The Hall–Kier alpha value is -12.7. The number of aromatic nitrogens is 6. The molecule has 1 aliphatic rings. The van der Waals surface area contributed by atoms with Gasteiger partial charge in [0.15, 0.2) is 0 Å². The maximum atomic E-state index is 14.3. The fraction of sp³-hybridized carbons (Fsp3) is 0.212. The van der Waals surface area contributed by atoms with Crippen LogP contribution in [0.25, 0.3) is 10.8 Å². The first kappa shape index (κ1) is 75.1. The number of carbonyl (C=O) groups is 12. The summed E-state index contributed by atoms with van der Waals surface area (Å²) in [7, 11) is 9.79. The number of hydrogen-bond acceptors (Lipinski definition) is 16. The number of nitrogens with zero attached hydrogens (tertiary/aromatic N) is 8. The van der Waals surface area contributed by atoms with Gasteiger partial charge in [-0.2, -0.15) is 0 Å². The van der Waals surface area contributed by atoms with E-state index in [-0.39, 0.29) is 150 Å². The van der Waals surface area contributed by atoms with E-state index in [0.717, 1.165) is 11.0 Å². The number of benzene rings is 3. The van der Waals surface area contributed by atoms with E-state index in [0.29, 0.717) is 46.9 Å². The molecule has 0 saturated heterocycles. The minimum Gasteiger partial charge on any atom is -0.351 e. The minimum absolute atomic E-state index is 0. The highest BCUT2D eigenvalue weighted by Crippen LogP contribution is 2.36. The molecule has 532 valence electrons. The molecule has 0 unspecified atom stereocenters. The second-order valence-electron chi connectivity index (χ2n) is 23.1. The number of imide groups is 1. The highest BCUT2D eigenvalue weighted by molar-refractivity contribution is 6.36. The van der Waals surface area contributed by atoms with E-state index < -0.39 is 69.7 Å². The summed E-state index contributed by atoms with van der Waals surface area (Å²) in [5.74, 6) is -6.01. The van der Waals surface area contributed by atoms with Crippen molar-refractivity contribution in [3.63, 3.8) is 0 Å². The number of aryl methyl sites for hydroxylation is 6. The number of amides is 12. The molecule has 3 aromatic carbocycles. The van der Waals surface area contributed by atoms with E-state index in [4.69, 9.17) is 0 Å². The highest BCUT2D eigenvalue weighted by atomic mass is 35.5. The first-order valence-corrected chi connectivity index (χ1v) is 30.8. The quantitative estimate of drug-likeness (QED) is 0.00992. The predicted octanol–water partition coefficient (Wildman–Crippen LogP) is 4.07. The summed E-state index contributed by atoms with van der Waals surface area (Å²) in [6, 6.07) is 19.6. The van der Waals surface area contributed by atoms with Crippen molar-refractivity contribution in [3.05, 3.63) is 189 Å².